The fraction of sp³-hybridized carbons (Fsp3) is 0.750. The fourth-order valence-electron chi connectivity index (χ4n) is 3.59. The molecule has 2 fully saturated rings. The first kappa shape index (κ1) is 14.7. The highest BCUT2D eigenvalue weighted by Crippen LogP contribution is 2.28. The van der Waals surface area contributed by atoms with Gasteiger partial charge in [-0.1, -0.05) is 25.7 Å². The Morgan fingerprint density at radius 1 is 1.10 bits per heavy atom. The van der Waals surface area contributed by atoms with E-state index >= 15 is 0 Å². The van der Waals surface area contributed by atoms with Crippen LogP contribution in [0.3, 0.4) is 0 Å². The zero-order valence-corrected chi connectivity index (χ0v) is 12.7. The topological polar surface area (TPSA) is 52.5 Å². The zero-order valence-electron chi connectivity index (χ0n) is 12.7. The van der Waals surface area contributed by atoms with Gasteiger partial charge in [0.05, 0.1) is 6.10 Å². The van der Waals surface area contributed by atoms with Crippen LogP contribution >= 0.6 is 0 Å². The van der Waals surface area contributed by atoms with Gasteiger partial charge in [0, 0.05) is 45.1 Å². The summed E-state index contributed by atoms with van der Waals surface area (Å²) in [4.78, 5) is 13.2. The molecular formula is C16H26N4O. The maximum atomic E-state index is 10.3. The number of aliphatic hydroxyl groups excluding tert-OH is 1. The highest BCUT2D eigenvalue weighted by Gasteiger charge is 2.23. The number of hydrogen-bond acceptors (Lipinski definition) is 5. The van der Waals surface area contributed by atoms with Crippen LogP contribution in [0, 0.1) is 5.92 Å². The molecule has 0 bridgehead atoms. The smallest absolute Gasteiger partial charge is 0.225 e. The minimum absolute atomic E-state index is 0.160. The summed E-state index contributed by atoms with van der Waals surface area (Å²) in [7, 11) is 0. The van der Waals surface area contributed by atoms with Gasteiger partial charge in [-0.15, -0.1) is 0 Å². The molecule has 1 aromatic heterocycles. The first-order chi connectivity index (χ1) is 10.3. The molecule has 2 heterocycles. The van der Waals surface area contributed by atoms with Crippen LogP contribution in [-0.4, -0.2) is 58.8 Å². The Labute approximate surface area is 127 Å². The zero-order chi connectivity index (χ0) is 14.5. The second-order valence-corrected chi connectivity index (χ2v) is 6.38. The number of piperazine rings is 1. The monoisotopic (exact) mass is 290 g/mol. The summed E-state index contributed by atoms with van der Waals surface area (Å²) in [5.41, 5.74) is 0. The Kier molecular flexibility index (Phi) is 5.04. The largest absolute Gasteiger partial charge is 0.392 e. The van der Waals surface area contributed by atoms with Gasteiger partial charge in [-0.2, -0.15) is 0 Å². The molecule has 5 nitrogen and oxygen atoms in total. The van der Waals surface area contributed by atoms with Crippen molar-refractivity contribution in [1.29, 1.82) is 0 Å². The van der Waals surface area contributed by atoms with E-state index in [2.05, 4.69) is 19.8 Å². The van der Waals surface area contributed by atoms with Crippen molar-refractivity contribution in [2.75, 3.05) is 37.6 Å². The molecular weight excluding hydrogens is 264 g/mol. The van der Waals surface area contributed by atoms with Crippen LogP contribution in [0.15, 0.2) is 18.5 Å². The number of rotatable bonds is 5. The number of aliphatic hydroxyl groups is 1. The number of nitrogens with zero attached hydrogens (tertiary/aromatic N) is 4. The summed E-state index contributed by atoms with van der Waals surface area (Å²) in [6.07, 6.45) is 9.75. The lowest BCUT2D eigenvalue weighted by molar-refractivity contribution is 0.0883. The minimum Gasteiger partial charge on any atom is -0.392 e. The minimum atomic E-state index is -0.160. The molecule has 0 aromatic carbocycles. The van der Waals surface area contributed by atoms with Crippen LogP contribution in [-0.2, 0) is 0 Å². The van der Waals surface area contributed by atoms with Crippen molar-refractivity contribution in [2.45, 2.75) is 38.2 Å². The van der Waals surface area contributed by atoms with Gasteiger partial charge >= 0.3 is 0 Å². The quantitative estimate of drug-likeness (QED) is 0.891. The van der Waals surface area contributed by atoms with Gasteiger partial charge in [-0.25, -0.2) is 9.97 Å². The van der Waals surface area contributed by atoms with Crippen molar-refractivity contribution in [3.8, 4) is 0 Å². The maximum absolute atomic E-state index is 10.3. The average molecular weight is 290 g/mol. The van der Waals surface area contributed by atoms with Gasteiger partial charge in [0.1, 0.15) is 0 Å². The molecule has 5 heteroatoms. The normalized spacial score (nSPS) is 22.6. The average Bonchev–Trinajstić information content (AvgIpc) is 3.02. The highest BCUT2D eigenvalue weighted by atomic mass is 16.3. The van der Waals surface area contributed by atoms with E-state index in [0.29, 0.717) is 0 Å². The summed E-state index contributed by atoms with van der Waals surface area (Å²) in [5, 5.41) is 10.3. The van der Waals surface area contributed by atoms with Gasteiger partial charge in [0.25, 0.3) is 0 Å². The Balaban J connectivity index is 1.41. The van der Waals surface area contributed by atoms with E-state index in [4.69, 9.17) is 0 Å². The third-order valence-electron chi connectivity index (χ3n) is 4.76. The van der Waals surface area contributed by atoms with Crippen LogP contribution < -0.4 is 4.90 Å². The number of aromatic nitrogens is 2. The molecule has 1 N–H and O–H groups in total. The van der Waals surface area contributed by atoms with Crippen LogP contribution in [0.1, 0.15) is 32.1 Å². The molecule has 3 rings (SSSR count). The van der Waals surface area contributed by atoms with Crippen LogP contribution in [0.25, 0.3) is 0 Å². The Morgan fingerprint density at radius 3 is 2.43 bits per heavy atom. The van der Waals surface area contributed by atoms with Crippen molar-refractivity contribution < 1.29 is 5.11 Å². The Hall–Kier alpha value is -1.20. The molecule has 21 heavy (non-hydrogen) atoms. The molecule has 1 aromatic rings. The predicted molar refractivity (Wildman–Crippen MR) is 83.3 cm³/mol. The molecule has 1 saturated carbocycles. The molecule has 2 aliphatic rings. The van der Waals surface area contributed by atoms with E-state index in [9.17, 15) is 5.11 Å². The van der Waals surface area contributed by atoms with E-state index in [0.717, 1.165) is 51.0 Å². The summed E-state index contributed by atoms with van der Waals surface area (Å²) >= 11 is 0. The molecule has 0 radical (unpaired) electrons. The van der Waals surface area contributed by atoms with Crippen molar-refractivity contribution in [2.24, 2.45) is 5.92 Å². The van der Waals surface area contributed by atoms with Gasteiger partial charge < -0.3 is 10.0 Å². The van der Waals surface area contributed by atoms with Gasteiger partial charge in [-0.05, 0) is 18.4 Å². The first-order valence-corrected chi connectivity index (χ1v) is 8.23. The second kappa shape index (κ2) is 7.18. The number of anilines is 1. The lowest BCUT2D eigenvalue weighted by Crippen LogP contribution is -2.49. The first-order valence-electron chi connectivity index (χ1n) is 8.23. The molecule has 0 amide bonds. The summed E-state index contributed by atoms with van der Waals surface area (Å²) in [5.74, 6) is 1.59. The summed E-state index contributed by atoms with van der Waals surface area (Å²) < 4.78 is 0. The van der Waals surface area contributed by atoms with Gasteiger partial charge in [0.2, 0.25) is 5.95 Å². The number of β-amino-alcohol motifs (C(OH)–C–C–N with tert-alkyl or cyclic N) is 1. The Morgan fingerprint density at radius 2 is 1.76 bits per heavy atom. The SMILES string of the molecule is OC(CC1CCCC1)CN1CCN(c2ncccn2)CC1. The summed E-state index contributed by atoms with van der Waals surface area (Å²) in [6, 6.07) is 1.85. The standard InChI is InChI=1S/C16H26N4O/c21-15(12-14-4-1-2-5-14)13-19-8-10-20(11-9-19)16-17-6-3-7-18-16/h3,6-7,14-15,21H,1-2,4-5,8-13H2. The molecule has 0 spiro atoms. The van der Waals surface area contributed by atoms with Crippen molar-refractivity contribution >= 4 is 5.95 Å². The van der Waals surface area contributed by atoms with Crippen LogP contribution in [0.5, 0.6) is 0 Å². The molecule has 1 unspecified atom stereocenters. The molecule has 116 valence electrons. The van der Waals surface area contributed by atoms with E-state index < -0.39 is 0 Å². The summed E-state index contributed by atoms with van der Waals surface area (Å²) in [6.45, 7) is 4.68. The van der Waals surface area contributed by atoms with Crippen LogP contribution in [0.2, 0.25) is 0 Å². The lowest BCUT2D eigenvalue weighted by atomic mass is 10.00. The molecule has 1 aliphatic heterocycles. The van der Waals surface area contributed by atoms with E-state index in [-0.39, 0.29) is 6.10 Å². The Bertz CT molecular complexity index is 414. The van der Waals surface area contributed by atoms with E-state index in [1.807, 2.05) is 6.07 Å². The third kappa shape index (κ3) is 4.14. The van der Waals surface area contributed by atoms with Crippen molar-refractivity contribution in [1.82, 2.24) is 14.9 Å². The van der Waals surface area contributed by atoms with Crippen molar-refractivity contribution in [3.63, 3.8) is 0 Å². The molecule has 1 aliphatic carbocycles. The fourth-order valence-corrected chi connectivity index (χ4v) is 3.59. The van der Waals surface area contributed by atoms with Gasteiger partial charge in [-0.3, -0.25) is 4.90 Å². The van der Waals surface area contributed by atoms with Crippen molar-refractivity contribution in [3.05, 3.63) is 18.5 Å². The maximum Gasteiger partial charge on any atom is 0.225 e. The predicted octanol–water partition coefficient (Wildman–Crippen LogP) is 1.54. The van der Waals surface area contributed by atoms with Gasteiger partial charge in [0.15, 0.2) is 0 Å². The molecule has 1 saturated heterocycles. The van der Waals surface area contributed by atoms with E-state index in [1.54, 1.807) is 12.4 Å². The molecule has 1 atom stereocenters. The third-order valence-corrected chi connectivity index (χ3v) is 4.76. The number of hydrogen-bond donors (Lipinski definition) is 1. The van der Waals surface area contributed by atoms with E-state index in [1.165, 1.54) is 25.7 Å². The van der Waals surface area contributed by atoms with Crippen LogP contribution in [0.4, 0.5) is 5.95 Å². The lowest BCUT2D eigenvalue weighted by Gasteiger charge is -2.35. The second-order valence-electron chi connectivity index (χ2n) is 6.38. The highest BCUT2D eigenvalue weighted by molar-refractivity contribution is 5.29.